The van der Waals surface area contributed by atoms with Crippen LogP contribution in [0.2, 0.25) is 0 Å². The molecule has 16 heteroatoms. The molecule has 175 valence electrons. The van der Waals surface area contributed by atoms with E-state index in [4.69, 9.17) is 24.4 Å². The van der Waals surface area contributed by atoms with Crippen LogP contribution in [0.25, 0.3) is 22.5 Å². The number of para-hydroxylation sites is 2. The predicted molar refractivity (Wildman–Crippen MR) is 137 cm³/mol. The number of rotatable bonds is 0. The molecule has 0 spiro atoms. The number of nitrogens with one attached hydrogen (secondary N) is 6. The Morgan fingerprint density at radius 2 is 0.971 bits per heavy atom. The molecule has 6 N–H and O–H groups in total. The Balaban J connectivity index is 0.00000144. The van der Waals surface area contributed by atoms with Crippen LogP contribution in [-0.4, -0.2) is 40.8 Å². The van der Waals surface area contributed by atoms with Gasteiger partial charge >= 0.3 is 17.4 Å². The topological polar surface area (TPSA) is 145 Å². The molecule has 0 saturated heterocycles. The Hall–Kier alpha value is -2.50. The van der Waals surface area contributed by atoms with E-state index < -0.39 is 0 Å². The van der Waals surface area contributed by atoms with Crippen LogP contribution in [0.15, 0.2) is 58.5 Å². The van der Waals surface area contributed by atoms with Crippen molar-refractivity contribution in [2.75, 3.05) is 0 Å². The summed E-state index contributed by atoms with van der Waals surface area (Å²) in [6.45, 7) is 0. The summed E-state index contributed by atoms with van der Waals surface area (Å²) < 4.78 is 0.496. The Bertz CT molecular complexity index is 1470. The van der Waals surface area contributed by atoms with E-state index in [9.17, 15) is 0 Å². The first kappa shape index (κ1) is 29.5. The van der Waals surface area contributed by atoms with Gasteiger partial charge < -0.3 is 0 Å². The Morgan fingerprint density at radius 3 is 1.41 bits per heavy atom. The maximum absolute atomic E-state index is 5.32. The third-order valence-corrected chi connectivity index (χ3v) is 4.75. The molecule has 3 heterocycles. The van der Waals surface area contributed by atoms with Gasteiger partial charge in [0.15, 0.2) is 11.0 Å². The Labute approximate surface area is 231 Å². The third-order valence-electron chi connectivity index (χ3n) is 4.36. The van der Waals surface area contributed by atoms with Crippen LogP contribution in [-0.2, 0) is 17.4 Å². The van der Waals surface area contributed by atoms with Crippen LogP contribution in [0.1, 0.15) is 0 Å². The zero-order valence-corrected chi connectivity index (χ0v) is 22.2. The van der Waals surface area contributed by atoms with E-state index in [-0.39, 0.29) is 64.1 Å². The molecule has 3 aromatic rings. The van der Waals surface area contributed by atoms with Gasteiger partial charge in [0.2, 0.25) is 9.54 Å². The van der Waals surface area contributed by atoms with Crippen molar-refractivity contribution in [3.05, 3.63) is 69.0 Å². The first-order chi connectivity index (χ1) is 14.7. The van der Waals surface area contributed by atoms with Gasteiger partial charge in [0.1, 0.15) is 11.4 Å². The predicted octanol–water partition coefficient (Wildman–Crippen LogP) is 4.40. The Morgan fingerprint density at radius 1 is 0.559 bits per heavy atom. The molecule has 0 atom stereocenters. The van der Waals surface area contributed by atoms with Gasteiger partial charge in [-0.25, -0.2) is 9.98 Å². The first-order valence-electron chi connectivity index (χ1n) is 8.85. The number of aromatic amines is 6. The van der Waals surface area contributed by atoms with Crippen LogP contribution >= 0.6 is 61.7 Å². The minimum atomic E-state index is 0. The smallest absolute Gasteiger partial charge is 0.280 e. The van der Waals surface area contributed by atoms with Crippen LogP contribution in [0.3, 0.4) is 0 Å². The number of benzene rings is 2. The number of H-pyrrole nitrogens is 6. The van der Waals surface area contributed by atoms with E-state index in [1.807, 2.05) is 48.5 Å². The van der Waals surface area contributed by atoms with Crippen molar-refractivity contribution in [3.8, 4) is 22.5 Å². The van der Waals surface area contributed by atoms with E-state index in [1.165, 1.54) is 0 Å². The third kappa shape index (κ3) is 5.94. The molecule has 0 unspecified atom stereocenters. The summed E-state index contributed by atoms with van der Waals surface area (Å²) in [6, 6.07) is 15.3. The largest absolute Gasteiger partial charge is 3.00 e. The normalized spacial score (nSPS) is 10.1. The van der Waals surface area contributed by atoms with Crippen LogP contribution < -0.4 is 11.0 Å². The fraction of sp³-hybridized carbons (Fsp3) is 0. The maximum atomic E-state index is 5.32. The van der Waals surface area contributed by atoms with Gasteiger partial charge in [-0.1, -0.05) is 36.4 Å². The van der Waals surface area contributed by atoms with Crippen molar-refractivity contribution in [3.63, 3.8) is 0 Å². The maximum Gasteiger partial charge on any atom is 3.00 e. The van der Waals surface area contributed by atoms with E-state index in [0.29, 0.717) is 22.4 Å². The molecule has 34 heavy (non-hydrogen) atoms. The molecule has 1 aromatic heterocycles. The molecule has 10 nitrogen and oxygen atoms in total. The van der Waals surface area contributed by atoms with Crippen LogP contribution in [0.4, 0.5) is 11.4 Å². The van der Waals surface area contributed by atoms with Gasteiger partial charge in [-0.15, -0.1) is 37.2 Å². The van der Waals surface area contributed by atoms with Crippen molar-refractivity contribution < 1.29 is 17.4 Å². The molecule has 2 aliphatic rings. The van der Waals surface area contributed by atoms with E-state index in [1.54, 1.807) is 0 Å². The summed E-state index contributed by atoms with van der Waals surface area (Å²) in [5.74, 6) is 0. The first-order valence-corrected chi connectivity index (χ1v) is 9.67. The summed E-state index contributed by atoms with van der Waals surface area (Å²) in [7, 11) is 0. The Kier molecular flexibility index (Phi) is 11.1. The summed E-state index contributed by atoms with van der Waals surface area (Å²) in [5, 5.41) is 26.1. The summed E-state index contributed by atoms with van der Waals surface area (Å²) in [4.78, 5) is 9.07. The fourth-order valence-corrected chi connectivity index (χ4v) is 3.24. The van der Waals surface area contributed by atoms with Crippen molar-refractivity contribution in [1.82, 2.24) is 40.8 Å². The van der Waals surface area contributed by atoms with Gasteiger partial charge in [-0.05, 0) is 36.6 Å². The van der Waals surface area contributed by atoms with Gasteiger partial charge in [0.25, 0.3) is 0 Å². The molecule has 0 saturated carbocycles. The molecule has 1 radical (unpaired) electrons. The average Bonchev–Trinajstić information content (AvgIpc) is 3.30. The summed E-state index contributed by atoms with van der Waals surface area (Å²) in [5.41, 5.74) is 5.40. The summed E-state index contributed by atoms with van der Waals surface area (Å²) in [6.07, 6.45) is 0. The van der Waals surface area contributed by atoms with E-state index in [2.05, 4.69) is 50.8 Å². The minimum absolute atomic E-state index is 0. The second-order valence-corrected chi connectivity index (χ2v) is 7.07. The van der Waals surface area contributed by atoms with Crippen molar-refractivity contribution >= 4 is 73.0 Å². The zero-order valence-electron chi connectivity index (χ0n) is 16.9. The number of fused-ring (bicyclic) bond motifs is 6. The monoisotopic (exact) mass is 594 g/mol. The van der Waals surface area contributed by atoms with Crippen molar-refractivity contribution in [1.29, 1.82) is 0 Å². The van der Waals surface area contributed by atoms with Crippen molar-refractivity contribution in [2.24, 2.45) is 9.98 Å². The molecule has 0 bridgehead atoms. The molecule has 2 aliphatic heterocycles. The van der Waals surface area contributed by atoms with Gasteiger partial charge in [0, 0.05) is 11.1 Å². The molecule has 5 rings (SSSR count). The molecular formula is C18H17Cl3CrN10S2+3. The summed E-state index contributed by atoms with van der Waals surface area (Å²) >= 11 is 10.6. The number of hydrogen-bond donors (Lipinski definition) is 6. The molecule has 0 fully saturated rings. The molecular weight excluding hydrogens is 579 g/mol. The molecule has 0 aliphatic carbocycles. The number of nitrogens with zero attached hydrogens (tertiary/aromatic N) is 4. The second kappa shape index (κ2) is 12.8. The number of halogens is 3. The minimum Gasteiger partial charge on any atom is -0.280 e. The van der Waals surface area contributed by atoms with Crippen LogP contribution in [0, 0.1) is 9.54 Å². The molecule has 0 amide bonds. The second-order valence-electron chi connectivity index (χ2n) is 6.26. The number of aromatic nitrogens is 8. The van der Waals surface area contributed by atoms with Gasteiger partial charge in [-0.3, -0.25) is 30.6 Å². The zero-order chi connectivity index (χ0) is 20.5. The quantitative estimate of drug-likeness (QED) is 0.147. The van der Waals surface area contributed by atoms with Crippen molar-refractivity contribution in [2.45, 2.75) is 0 Å². The van der Waals surface area contributed by atoms with Crippen LogP contribution in [0.5, 0.6) is 0 Å². The average molecular weight is 596 g/mol. The van der Waals surface area contributed by atoms with Gasteiger partial charge in [0.05, 0.1) is 11.4 Å². The standard InChI is InChI=1S/C18H14N10S2.3ClH.Cr/c29-17-25-21-13-9-5-1-3-7-11(9)19-15(13)23-27-18(30)28-24-16-14(22-26-17)10-6-2-4-8-12(10)20-16;;;;/h1-8H,(H,19,23)(H,20,24)(H2,25,26,29)(H2,27,28,30);3*1H;/q;;;;+3. The molecule has 2 aromatic carbocycles. The van der Waals surface area contributed by atoms with E-state index >= 15 is 0 Å². The SMILES string of the molecule is Cl.Cl.Cl.S=c1[nH]nc2c([nH][nH]c(=S)[nH][nH]c3c(n[nH]1)-c1ccccc1N=3)=Nc1ccccc1-2.[Cr+3]. The number of hydrogen-bond acceptors (Lipinski definition) is 6. The van der Waals surface area contributed by atoms with Gasteiger partial charge in [-0.2, -0.15) is 10.2 Å². The van der Waals surface area contributed by atoms with E-state index in [0.717, 1.165) is 22.5 Å². The fourth-order valence-electron chi connectivity index (χ4n) is 3.05.